The van der Waals surface area contributed by atoms with E-state index in [4.69, 9.17) is 5.11 Å². The molecule has 0 bridgehead atoms. The molecule has 23 heavy (non-hydrogen) atoms. The Bertz CT molecular complexity index is 754. The van der Waals surface area contributed by atoms with Gasteiger partial charge in [0, 0.05) is 6.20 Å². The number of hydrogen-bond acceptors (Lipinski definition) is 3. The first-order valence-corrected chi connectivity index (χ1v) is 6.83. The lowest BCUT2D eigenvalue weighted by Gasteiger charge is -2.10. The molecule has 0 aliphatic rings. The van der Waals surface area contributed by atoms with Crippen LogP contribution >= 0.6 is 0 Å². The molecule has 0 atom stereocenters. The van der Waals surface area contributed by atoms with Gasteiger partial charge in [-0.05, 0) is 30.2 Å². The molecule has 0 unspecified atom stereocenters. The van der Waals surface area contributed by atoms with Gasteiger partial charge in [-0.2, -0.15) is 0 Å². The van der Waals surface area contributed by atoms with Crippen LogP contribution in [0.25, 0.3) is 11.1 Å². The van der Waals surface area contributed by atoms with Crippen molar-refractivity contribution in [2.45, 2.75) is 6.92 Å². The summed E-state index contributed by atoms with van der Waals surface area (Å²) in [5, 5.41) is 23.3. The van der Waals surface area contributed by atoms with E-state index in [9.17, 15) is 14.7 Å². The fourth-order valence-corrected chi connectivity index (χ4v) is 1.84. The van der Waals surface area contributed by atoms with Gasteiger partial charge < -0.3 is 20.8 Å². The molecule has 6 nitrogen and oxygen atoms in total. The molecule has 4 N–H and O–H groups in total. The molecule has 0 fully saturated rings. The summed E-state index contributed by atoms with van der Waals surface area (Å²) in [5.74, 6) is -1.21. The largest absolute Gasteiger partial charge is 0.506 e. The number of carbonyl (C=O) groups is 2. The number of nitrogens with one attached hydrogen (secondary N) is 2. The number of aromatic hydroxyl groups is 1. The van der Waals surface area contributed by atoms with Gasteiger partial charge in [0.2, 0.25) is 0 Å². The van der Waals surface area contributed by atoms with Crippen molar-refractivity contribution in [3.05, 3.63) is 60.3 Å². The normalized spacial score (nSPS) is 10.9. The molecule has 0 spiro atoms. The molecule has 118 valence electrons. The molecule has 0 saturated carbocycles. The van der Waals surface area contributed by atoms with E-state index in [0.717, 1.165) is 17.3 Å². The van der Waals surface area contributed by atoms with Gasteiger partial charge in [0.25, 0.3) is 0 Å². The van der Waals surface area contributed by atoms with Crippen LogP contribution in [0.3, 0.4) is 0 Å². The second-order valence-corrected chi connectivity index (χ2v) is 4.83. The third-order valence-electron chi connectivity index (χ3n) is 3.11. The zero-order valence-electron chi connectivity index (χ0n) is 12.4. The Labute approximate surface area is 133 Å². The molecule has 0 aliphatic heterocycles. The number of rotatable bonds is 4. The van der Waals surface area contributed by atoms with Gasteiger partial charge in [-0.1, -0.05) is 36.4 Å². The van der Waals surface area contributed by atoms with Gasteiger partial charge in [-0.25, -0.2) is 9.59 Å². The van der Waals surface area contributed by atoms with Gasteiger partial charge in [-0.3, -0.25) is 0 Å². The number of phenolic OH excluding ortho intramolecular Hbond substituents is 1. The molecule has 0 heterocycles. The van der Waals surface area contributed by atoms with E-state index in [1.54, 1.807) is 12.1 Å². The van der Waals surface area contributed by atoms with Crippen LogP contribution in [0.4, 0.5) is 10.5 Å². The Kier molecular flexibility index (Phi) is 4.99. The van der Waals surface area contributed by atoms with Crippen LogP contribution in [0, 0.1) is 0 Å². The molecule has 0 saturated heterocycles. The SMILES string of the molecule is CC(=CNC(=O)Nc1cc(-c2ccccc2)ccc1O)C(=O)O. The maximum Gasteiger partial charge on any atom is 0.332 e. The number of phenols is 1. The first-order chi connectivity index (χ1) is 11.0. The fourth-order valence-electron chi connectivity index (χ4n) is 1.84. The minimum Gasteiger partial charge on any atom is -0.506 e. The van der Waals surface area contributed by atoms with Crippen LogP contribution in [0.2, 0.25) is 0 Å². The van der Waals surface area contributed by atoms with Crippen molar-refractivity contribution in [1.82, 2.24) is 5.32 Å². The number of carboxylic acid groups (broad SMARTS) is 1. The summed E-state index contributed by atoms with van der Waals surface area (Å²) in [6, 6.07) is 13.7. The van der Waals surface area contributed by atoms with E-state index in [0.29, 0.717) is 0 Å². The molecule has 2 rings (SSSR count). The van der Waals surface area contributed by atoms with E-state index in [-0.39, 0.29) is 17.0 Å². The maximum absolute atomic E-state index is 11.8. The van der Waals surface area contributed by atoms with E-state index in [1.165, 1.54) is 13.0 Å². The third kappa shape index (κ3) is 4.34. The Morgan fingerprint density at radius 3 is 2.39 bits per heavy atom. The number of hydrogen-bond donors (Lipinski definition) is 4. The highest BCUT2D eigenvalue weighted by atomic mass is 16.4. The van der Waals surface area contributed by atoms with Gasteiger partial charge in [0.1, 0.15) is 5.75 Å². The highest BCUT2D eigenvalue weighted by Crippen LogP contribution is 2.29. The standard InChI is InChI=1S/C17H16N2O4/c1-11(16(21)22)10-18-17(23)19-14-9-13(7-8-15(14)20)12-5-3-2-4-6-12/h2-10,20H,1H3,(H,21,22)(H2,18,19,23). The summed E-state index contributed by atoms with van der Waals surface area (Å²) in [6.45, 7) is 1.36. The van der Waals surface area contributed by atoms with Crippen LogP contribution in [0.1, 0.15) is 6.92 Å². The molecule has 2 aromatic carbocycles. The maximum atomic E-state index is 11.8. The summed E-state index contributed by atoms with van der Waals surface area (Å²) >= 11 is 0. The summed E-state index contributed by atoms with van der Waals surface area (Å²) in [6.07, 6.45) is 1.08. The van der Waals surface area contributed by atoms with Crippen LogP contribution in [-0.4, -0.2) is 22.2 Å². The minimum absolute atomic E-state index is 0.0117. The van der Waals surface area contributed by atoms with Crippen molar-refractivity contribution >= 4 is 17.7 Å². The van der Waals surface area contributed by atoms with Crippen LogP contribution in [0.5, 0.6) is 5.75 Å². The second-order valence-electron chi connectivity index (χ2n) is 4.83. The van der Waals surface area contributed by atoms with E-state index in [1.807, 2.05) is 30.3 Å². The predicted octanol–water partition coefficient (Wildman–Crippen LogP) is 3.17. The number of anilines is 1. The zero-order valence-corrected chi connectivity index (χ0v) is 12.4. The van der Waals surface area contributed by atoms with E-state index >= 15 is 0 Å². The number of carbonyl (C=O) groups excluding carboxylic acids is 1. The monoisotopic (exact) mass is 312 g/mol. The van der Waals surface area contributed by atoms with Crippen molar-refractivity contribution in [1.29, 1.82) is 0 Å². The highest BCUT2D eigenvalue weighted by Gasteiger charge is 2.08. The molecule has 6 heteroatoms. The summed E-state index contributed by atoms with van der Waals surface area (Å²) < 4.78 is 0. The minimum atomic E-state index is -1.13. The third-order valence-corrected chi connectivity index (χ3v) is 3.11. The number of aliphatic carboxylic acids is 1. The highest BCUT2D eigenvalue weighted by molar-refractivity contribution is 5.93. The van der Waals surface area contributed by atoms with Gasteiger partial charge in [0.05, 0.1) is 11.3 Å². The van der Waals surface area contributed by atoms with Gasteiger partial charge in [-0.15, -0.1) is 0 Å². The average Bonchev–Trinajstić information content (AvgIpc) is 2.55. The van der Waals surface area contributed by atoms with Crippen molar-refractivity contribution in [2.75, 3.05) is 5.32 Å². The van der Waals surface area contributed by atoms with E-state index < -0.39 is 12.0 Å². The lowest BCUT2D eigenvalue weighted by molar-refractivity contribution is -0.132. The smallest absolute Gasteiger partial charge is 0.332 e. The lowest BCUT2D eigenvalue weighted by atomic mass is 10.0. The lowest BCUT2D eigenvalue weighted by Crippen LogP contribution is -2.24. The summed E-state index contributed by atoms with van der Waals surface area (Å²) in [7, 11) is 0. The molecule has 0 radical (unpaired) electrons. The Morgan fingerprint density at radius 2 is 1.74 bits per heavy atom. The van der Waals surface area contributed by atoms with Crippen LogP contribution in [-0.2, 0) is 4.79 Å². The van der Waals surface area contributed by atoms with Crippen molar-refractivity contribution in [3.8, 4) is 16.9 Å². The van der Waals surface area contributed by atoms with Gasteiger partial charge >= 0.3 is 12.0 Å². The fraction of sp³-hybridized carbons (Fsp3) is 0.0588. The summed E-state index contributed by atoms with van der Waals surface area (Å²) in [4.78, 5) is 22.4. The average molecular weight is 312 g/mol. The second kappa shape index (κ2) is 7.13. The summed E-state index contributed by atoms with van der Waals surface area (Å²) in [5.41, 5.74) is 1.99. The molecule has 2 aromatic rings. The van der Waals surface area contributed by atoms with E-state index in [2.05, 4.69) is 10.6 Å². The first-order valence-electron chi connectivity index (χ1n) is 6.83. The number of benzene rings is 2. The first kappa shape index (κ1) is 16.1. The van der Waals surface area contributed by atoms with Crippen molar-refractivity contribution in [2.24, 2.45) is 0 Å². The number of carboxylic acids is 1. The molecular weight excluding hydrogens is 296 g/mol. The Balaban J connectivity index is 2.15. The number of amides is 2. The van der Waals surface area contributed by atoms with Crippen LogP contribution < -0.4 is 10.6 Å². The molecule has 2 amide bonds. The molecular formula is C17H16N2O4. The molecule has 0 aliphatic carbocycles. The van der Waals surface area contributed by atoms with Crippen LogP contribution in [0.15, 0.2) is 60.3 Å². The van der Waals surface area contributed by atoms with Gasteiger partial charge in [0.15, 0.2) is 0 Å². The van der Waals surface area contributed by atoms with Crippen molar-refractivity contribution < 1.29 is 19.8 Å². The quantitative estimate of drug-likeness (QED) is 0.515. The zero-order chi connectivity index (χ0) is 16.8. The topological polar surface area (TPSA) is 98.7 Å². The Morgan fingerprint density at radius 1 is 1.04 bits per heavy atom. The Hall–Kier alpha value is -3.28. The number of urea groups is 1. The predicted molar refractivity (Wildman–Crippen MR) is 87.1 cm³/mol. The van der Waals surface area contributed by atoms with Crippen molar-refractivity contribution in [3.63, 3.8) is 0 Å². The molecule has 0 aromatic heterocycles.